The molecule has 0 amide bonds. The lowest BCUT2D eigenvalue weighted by Gasteiger charge is -2.11. The Morgan fingerprint density at radius 2 is 1.85 bits per heavy atom. The van der Waals surface area contributed by atoms with Gasteiger partial charge in [0.25, 0.3) is 0 Å². The maximum atomic E-state index is 12.0. The molecule has 2 rings (SSSR count). The summed E-state index contributed by atoms with van der Waals surface area (Å²) in [6, 6.07) is 8.53. The number of nitrogens with one attached hydrogen (secondary N) is 1. The summed E-state index contributed by atoms with van der Waals surface area (Å²) < 4.78 is 41.3. The number of rotatable bonds is 8. The summed E-state index contributed by atoms with van der Waals surface area (Å²) in [4.78, 5) is 0. The third-order valence-corrected chi connectivity index (χ3v) is 3.28. The molecule has 0 atom stereocenters. The molecule has 0 aliphatic heterocycles. The van der Waals surface area contributed by atoms with Crippen LogP contribution in [0.1, 0.15) is 36.8 Å². The Morgan fingerprint density at radius 3 is 2.50 bits per heavy atom. The van der Waals surface area contributed by atoms with Crippen LogP contribution in [-0.2, 0) is 17.9 Å². The van der Waals surface area contributed by atoms with Gasteiger partial charge < -0.3 is 10.1 Å². The van der Waals surface area contributed by atoms with Crippen LogP contribution in [0.3, 0.4) is 0 Å². The van der Waals surface area contributed by atoms with E-state index in [0.717, 1.165) is 17.7 Å². The summed E-state index contributed by atoms with van der Waals surface area (Å²) in [6.45, 7) is 1.32. The van der Waals surface area contributed by atoms with Crippen LogP contribution in [-0.4, -0.2) is 18.8 Å². The van der Waals surface area contributed by atoms with Crippen LogP contribution < -0.4 is 5.32 Å². The molecular weight excluding hydrogens is 267 g/mol. The van der Waals surface area contributed by atoms with Crippen molar-refractivity contribution in [2.24, 2.45) is 0 Å². The van der Waals surface area contributed by atoms with Crippen molar-refractivity contribution in [1.29, 1.82) is 0 Å². The van der Waals surface area contributed by atoms with Gasteiger partial charge in [0.15, 0.2) is 0 Å². The van der Waals surface area contributed by atoms with Crippen LogP contribution in [0, 0.1) is 0 Å². The molecule has 1 aliphatic carbocycles. The predicted molar refractivity (Wildman–Crippen MR) is 71.2 cm³/mol. The normalized spacial score (nSPS) is 15.6. The van der Waals surface area contributed by atoms with Gasteiger partial charge in [-0.2, -0.15) is 13.2 Å². The van der Waals surface area contributed by atoms with Gasteiger partial charge in [-0.05, 0) is 30.4 Å². The first-order valence-corrected chi connectivity index (χ1v) is 6.99. The van der Waals surface area contributed by atoms with E-state index in [9.17, 15) is 13.2 Å². The van der Waals surface area contributed by atoms with Gasteiger partial charge in [0, 0.05) is 25.6 Å². The van der Waals surface area contributed by atoms with Crippen molar-refractivity contribution >= 4 is 0 Å². The monoisotopic (exact) mass is 287 g/mol. The minimum absolute atomic E-state index is 0.0198. The number of benzene rings is 1. The summed E-state index contributed by atoms with van der Waals surface area (Å²) in [5.41, 5.74) is 2.21. The molecule has 0 bridgehead atoms. The zero-order valence-electron chi connectivity index (χ0n) is 11.4. The van der Waals surface area contributed by atoms with Crippen molar-refractivity contribution in [3.05, 3.63) is 35.4 Å². The molecule has 20 heavy (non-hydrogen) atoms. The standard InChI is InChI=1S/C15H20F3NO/c16-15(17,18)8-3-9-20-11-13-5-2-1-4-12(13)10-19-14-6-7-14/h1-2,4-5,14,19H,3,6-11H2. The largest absolute Gasteiger partial charge is 0.389 e. The van der Waals surface area contributed by atoms with Crippen molar-refractivity contribution in [1.82, 2.24) is 5.32 Å². The Balaban J connectivity index is 1.71. The second-order valence-electron chi connectivity index (χ2n) is 5.20. The molecular formula is C15H20F3NO. The Morgan fingerprint density at radius 1 is 1.15 bits per heavy atom. The second kappa shape index (κ2) is 7.09. The lowest BCUT2D eigenvalue weighted by Crippen LogP contribution is -2.16. The van der Waals surface area contributed by atoms with E-state index in [4.69, 9.17) is 4.74 Å². The quantitative estimate of drug-likeness (QED) is 0.734. The van der Waals surface area contributed by atoms with Gasteiger partial charge in [-0.25, -0.2) is 0 Å². The van der Waals surface area contributed by atoms with E-state index < -0.39 is 12.6 Å². The third kappa shape index (κ3) is 5.92. The van der Waals surface area contributed by atoms with Gasteiger partial charge in [-0.3, -0.25) is 0 Å². The van der Waals surface area contributed by atoms with Gasteiger partial charge in [0.1, 0.15) is 0 Å². The van der Waals surface area contributed by atoms with Gasteiger partial charge in [-0.15, -0.1) is 0 Å². The molecule has 112 valence electrons. The van der Waals surface area contributed by atoms with Crippen LogP contribution in [0.25, 0.3) is 0 Å². The summed E-state index contributed by atoms with van der Waals surface area (Å²) >= 11 is 0. The van der Waals surface area contributed by atoms with E-state index in [1.165, 1.54) is 12.8 Å². The highest BCUT2D eigenvalue weighted by Gasteiger charge is 2.26. The number of hydrogen-bond acceptors (Lipinski definition) is 2. The van der Waals surface area contributed by atoms with Crippen LogP contribution in [0.2, 0.25) is 0 Å². The summed E-state index contributed by atoms with van der Waals surface area (Å²) in [5.74, 6) is 0. The fraction of sp³-hybridized carbons (Fsp3) is 0.600. The summed E-state index contributed by atoms with van der Waals surface area (Å²) in [5, 5.41) is 3.43. The Labute approximate surface area is 117 Å². The fourth-order valence-corrected chi connectivity index (χ4v) is 1.97. The molecule has 2 nitrogen and oxygen atoms in total. The van der Waals surface area contributed by atoms with Crippen molar-refractivity contribution in [3.63, 3.8) is 0 Å². The van der Waals surface area contributed by atoms with E-state index in [1.54, 1.807) is 0 Å². The number of hydrogen-bond donors (Lipinski definition) is 1. The molecule has 1 saturated carbocycles. The molecule has 0 aromatic heterocycles. The Hall–Kier alpha value is -1.07. The number of alkyl halides is 3. The van der Waals surface area contributed by atoms with Crippen molar-refractivity contribution in [2.75, 3.05) is 6.61 Å². The summed E-state index contributed by atoms with van der Waals surface area (Å²) in [7, 11) is 0. The molecule has 1 N–H and O–H groups in total. The van der Waals surface area contributed by atoms with Crippen molar-refractivity contribution in [2.45, 2.75) is 51.1 Å². The zero-order valence-corrected chi connectivity index (χ0v) is 11.4. The molecule has 0 saturated heterocycles. The minimum atomic E-state index is -4.09. The zero-order chi connectivity index (χ0) is 14.4. The molecule has 1 aliphatic rings. The highest BCUT2D eigenvalue weighted by Crippen LogP contribution is 2.22. The molecule has 5 heteroatoms. The molecule has 0 unspecified atom stereocenters. The topological polar surface area (TPSA) is 21.3 Å². The minimum Gasteiger partial charge on any atom is -0.377 e. The van der Waals surface area contributed by atoms with E-state index in [0.29, 0.717) is 12.6 Å². The van der Waals surface area contributed by atoms with Crippen LogP contribution in [0.5, 0.6) is 0 Å². The van der Waals surface area contributed by atoms with Crippen molar-refractivity contribution < 1.29 is 17.9 Å². The second-order valence-corrected chi connectivity index (χ2v) is 5.20. The first kappa shape index (κ1) is 15.3. The van der Waals surface area contributed by atoms with E-state index in [-0.39, 0.29) is 13.0 Å². The highest BCUT2D eigenvalue weighted by atomic mass is 19.4. The average molecular weight is 287 g/mol. The maximum Gasteiger partial charge on any atom is 0.389 e. The van der Waals surface area contributed by atoms with Crippen LogP contribution >= 0.6 is 0 Å². The van der Waals surface area contributed by atoms with Gasteiger partial charge in [-0.1, -0.05) is 24.3 Å². The first-order valence-electron chi connectivity index (χ1n) is 6.99. The molecule has 1 aromatic rings. The lowest BCUT2D eigenvalue weighted by molar-refractivity contribution is -0.138. The molecule has 0 radical (unpaired) electrons. The van der Waals surface area contributed by atoms with E-state index in [2.05, 4.69) is 5.32 Å². The van der Waals surface area contributed by atoms with Crippen LogP contribution in [0.15, 0.2) is 24.3 Å². The summed E-state index contributed by atoms with van der Waals surface area (Å²) in [6.07, 6.45) is -2.38. The highest BCUT2D eigenvalue weighted by molar-refractivity contribution is 5.26. The Kier molecular flexibility index (Phi) is 5.43. The molecule has 0 heterocycles. The van der Waals surface area contributed by atoms with Gasteiger partial charge in [0.2, 0.25) is 0 Å². The van der Waals surface area contributed by atoms with Crippen molar-refractivity contribution in [3.8, 4) is 0 Å². The van der Waals surface area contributed by atoms with Gasteiger partial charge >= 0.3 is 6.18 Å². The van der Waals surface area contributed by atoms with E-state index >= 15 is 0 Å². The Bertz CT molecular complexity index is 416. The lowest BCUT2D eigenvalue weighted by atomic mass is 10.1. The SMILES string of the molecule is FC(F)(F)CCCOCc1ccccc1CNC1CC1. The maximum absolute atomic E-state index is 12.0. The smallest absolute Gasteiger partial charge is 0.377 e. The molecule has 0 spiro atoms. The molecule has 1 aromatic carbocycles. The molecule has 1 fully saturated rings. The van der Waals surface area contributed by atoms with E-state index in [1.807, 2.05) is 24.3 Å². The van der Waals surface area contributed by atoms with Gasteiger partial charge in [0.05, 0.1) is 6.61 Å². The van der Waals surface area contributed by atoms with Crippen LogP contribution in [0.4, 0.5) is 13.2 Å². The number of ether oxygens (including phenoxy) is 1. The number of halogens is 3. The predicted octanol–water partition coefficient (Wildman–Crippen LogP) is 3.80. The first-order chi connectivity index (χ1) is 9.54. The average Bonchev–Trinajstić information content (AvgIpc) is 3.20. The fourth-order valence-electron chi connectivity index (χ4n) is 1.97. The third-order valence-electron chi connectivity index (χ3n) is 3.28.